The number of nitrogens with one attached hydrogen (secondary N) is 3. The first-order chi connectivity index (χ1) is 17.4. The summed E-state index contributed by atoms with van der Waals surface area (Å²) < 4.78 is 10.7. The third-order valence-electron chi connectivity index (χ3n) is 5.10. The molecule has 3 rings (SSSR count). The summed E-state index contributed by atoms with van der Waals surface area (Å²) in [5, 5.41) is 8.88. The van der Waals surface area contributed by atoms with Gasteiger partial charge in [-0.05, 0) is 41.0 Å². The highest BCUT2D eigenvalue weighted by Gasteiger charge is 2.22. The molecule has 36 heavy (non-hydrogen) atoms. The van der Waals surface area contributed by atoms with Gasteiger partial charge in [-0.25, -0.2) is 4.79 Å². The number of halogens is 2. The number of carbonyl (C=O) groups excluding carboxylic acids is 3. The first-order valence-corrected chi connectivity index (χ1v) is 12.1. The van der Waals surface area contributed by atoms with E-state index in [-0.39, 0.29) is 19.7 Å². The van der Waals surface area contributed by atoms with E-state index >= 15 is 0 Å². The Hall–Kier alpha value is -3.40. The molecule has 0 saturated heterocycles. The Morgan fingerprint density at radius 2 is 1.67 bits per heavy atom. The molecule has 0 unspecified atom stereocenters. The summed E-state index contributed by atoms with van der Waals surface area (Å²) in [5.41, 5.74) is 2.67. The van der Waals surface area contributed by atoms with Crippen molar-refractivity contribution in [2.24, 2.45) is 0 Å². The molecule has 0 spiro atoms. The molecule has 3 aromatic rings. The van der Waals surface area contributed by atoms with Crippen LogP contribution in [0.4, 0.5) is 10.5 Å². The van der Waals surface area contributed by atoms with Crippen molar-refractivity contribution in [3.63, 3.8) is 0 Å². The van der Waals surface area contributed by atoms with E-state index in [4.69, 9.17) is 21.1 Å². The largest absolute Gasteiger partial charge is 0.468 e. The average molecular weight is 575 g/mol. The molecular formula is C26H25BrClN3O5. The molecule has 0 aliphatic carbocycles. The third kappa shape index (κ3) is 8.08. The number of amides is 2. The van der Waals surface area contributed by atoms with E-state index < -0.39 is 24.0 Å². The van der Waals surface area contributed by atoms with Crippen molar-refractivity contribution in [2.75, 3.05) is 25.5 Å². The van der Waals surface area contributed by atoms with Crippen LogP contribution in [0.3, 0.4) is 0 Å². The zero-order chi connectivity index (χ0) is 25.9. The quantitative estimate of drug-likeness (QED) is 0.300. The van der Waals surface area contributed by atoms with Gasteiger partial charge in [-0.2, -0.15) is 0 Å². The molecular weight excluding hydrogens is 550 g/mol. The highest BCUT2D eigenvalue weighted by atomic mass is 79.9. The van der Waals surface area contributed by atoms with E-state index in [0.29, 0.717) is 21.8 Å². The fourth-order valence-corrected chi connectivity index (χ4v) is 3.99. The second kappa shape index (κ2) is 13.6. The lowest BCUT2D eigenvalue weighted by atomic mass is 9.96. The van der Waals surface area contributed by atoms with Gasteiger partial charge in [0.15, 0.2) is 0 Å². The van der Waals surface area contributed by atoms with Crippen molar-refractivity contribution in [1.82, 2.24) is 10.6 Å². The van der Waals surface area contributed by atoms with E-state index in [2.05, 4.69) is 31.9 Å². The van der Waals surface area contributed by atoms with E-state index in [9.17, 15) is 14.4 Å². The third-order valence-corrected chi connectivity index (χ3v) is 5.94. The van der Waals surface area contributed by atoms with Crippen LogP contribution in [0.2, 0.25) is 5.02 Å². The number of benzene rings is 3. The van der Waals surface area contributed by atoms with Crippen molar-refractivity contribution in [3.05, 3.63) is 99.0 Å². The Balaban J connectivity index is 1.72. The summed E-state index contributed by atoms with van der Waals surface area (Å²) in [7, 11) is 1.30. The van der Waals surface area contributed by atoms with Crippen molar-refractivity contribution in [3.8, 4) is 0 Å². The number of rotatable bonds is 10. The molecule has 1 atom stereocenters. The predicted octanol–water partition coefficient (Wildman–Crippen LogP) is 4.82. The maximum absolute atomic E-state index is 12.7. The van der Waals surface area contributed by atoms with Gasteiger partial charge in [0.25, 0.3) is 0 Å². The summed E-state index contributed by atoms with van der Waals surface area (Å²) in [6.07, 6.45) is -0.710. The molecule has 8 nitrogen and oxygen atoms in total. The number of ether oxygens (including phenoxy) is 2. The van der Waals surface area contributed by atoms with Gasteiger partial charge in [0.2, 0.25) is 5.91 Å². The van der Waals surface area contributed by atoms with Gasteiger partial charge in [0.05, 0.1) is 19.7 Å². The summed E-state index contributed by atoms with van der Waals surface area (Å²) in [5.74, 6) is -0.910. The van der Waals surface area contributed by atoms with E-state index in [1.54, 1.807) is 24.3 Å². The number of alkyl carbamates (subject to hydrolysis) is 1. The molecule has 0 aliphatic heterocycles. The highest BCUT2D eigenvalue weighted by molar-refractivity contribution is 9.10. The van der Waals surface area contributed by atoms with Crippen LogP contribution in [0.5, 0.6) is 0 Å². The Morgan fingerprint density at radius 3 is 2.39 bits per heavy atom. The van der Waals surface area contributed by atoms with Crippen LogP contribution in [0.1, 0.15) is 22.7 Å². The van der Waals surface area contributed by atoms with Gasteiger partial charge in [0, 0.05) is 15.2 Å². The van der Waals surface area contributed by atoms with Crippen LogP contribution in [0.15, 0.2) is 77.3 Å². The predicted molar refractivity (Wildman–Crippen MR) is 141 cm³/mol. The maximum atomic E-state index is 12.7. The summed E-state index contributed by atoms with van der Waals surface area (Å²) in [4.78, 5) is 36.5. The molecule has 0 radical (unpaired) electrons. The number of hydrogen-bond acceptors (Lipinski definition) is 6. The Bertz CT molecular complexity index is 1210. The number of anilines is 1. The lowest BCUT2D eigenvalue weighted by molar-refractivity contribution is -0.139. The van der Waals surface area contributed by atoms with Crippen LogP contribution in [-0.4, -0.2) is 38.2 Å². The topological polar surface area (TPSA) is 106 Å². The van der Waals surface area contributed by atoms with Crippen molar-refractivity contribution in [1.29, 1.82) is 0 Å². The summed E-state index contributed by atoms with van der Waals surface area (Å²) >= 11 is 9.92. The lowest BCUT2D eigenvalue weighted by Gasteiger charge is -2.23. The average Bonchev–Trinajstić information content (AvgIpc) is 2.89. The maximum Gasteiger partial charge on any atom is 0.407 e. The fraction of sp³-hybridized carbons (Fsp3) is 0.192. The Kier molecular flexibility index (Phi) is 10.3. The van der Waals surface area contributed by atoms with Gasteiger partial charge in [-0.1, -0.05) is 76.1 Å². The van der Waals surface area contributed by atoms with Crippen molar-refractivity contribution >= 4 is 51.2 Å². The minimum absolute atomic E-state index is 0.0822. The number of esters is 1. The van der Waals surface area contributed by atoms with Crippen LogP contribution < -0.4 is 16.0 Å². The standard InChI is InChI=1S/C26H25BrClN3O5/c1-35-24(33)15-29-25(19-9-5-6-10-21(19)28)20-13-18(27)11-12-22(20)31-23(32)14-30-26(34)36-16-17-7-3-2-4-8-17/h2-13,25,29H,14-16H2,1H3,(H,30,34)(H,31,32)/t25-/m1/s1. The zero-order valence-corrected chi connectivity index (χ0v) is 21.8. The van der Waals surface area contributed by atoms with Crippen molar-refractivity contribution in [2.45, 2.75) is 12.6 Å². The smallest absolute Gasteiger partial charge is 0.407 e. The van der Waals surface area contributed by atoms with E-state index in [1.807, 2.05) is 48.5 Å². The molecule has 10 heteroatoms. The van der Waals surface area contributed by atoms with Gasteiger partial charge in [0.1, 0.15) is 13.2 Å². The van der Waals surface area contributed by atoms with E-state index in [0.717, 1.165) is 10.0 Å². The molecule has 0 heterocycles. The van der Waals surface area contributed by atoms with Gasteiger partial charge < -0.3 is 20.1 Å². The second-order valence-electron chi connectivity index (χ2n) is 7.61. The Morgan fingerprint density at radius 1 is 0.944 bits per heavy atom. The zero-order valence-electron chi connectivity index (χ0n) is 19.4. The fourth-order valence-electron chi connectivity index (χ4n) is 3.36. The minimum atomic E-state index is -0.710. The minimum Gasteiger partial charge on any atom is -0.468 e. The molecule has 0 saturated carbocycles. The SMILES string of the molecule is COC(=O)CN[C@H](c1ccccc1Cl)c1cc(Br)ccc1NC(=O)CNC(=O)OCc1ccccc1. The number of methoxy groups -OCH3 is 1. The molecule has 188 valence electrons. The van der Waals surface area contributed by atoms with Crippen LogP contribution in [0, 0.1) is 0 Å². The monoisotopic (exact) mass is 573 g/mol. The number of hydrogen-bond donors (Lipinski definition) is 3. The molecule has 3 N–H and O–H groups in total. The van der Waals surface area contributed by atoms with Crippen molar-refractivity contribution < 1.29 is 23.9 Å². The van der Waals surface area contributed by atoms with Gasteiger partial charge in [-0.3, -0.25) is 14.9 Å². The highest BCUT2D eigenvalue weighted by Crippen LogP contribution is 2.34. The summed E-state index contributed by atoms with van der Waals surface area (Å²) in [6, 6.07) is 21.2. The van der Waals surface area contributed by atoms with Gasteiger partial charge >= 0.3 is 12.1 Å². The Labute approximate surface area is 222 Å². The molecule has 0 fully saturated rings. The van der Waals surface area contributed by atoms with Gasteiger partial charge in [-0.15, -0.1) is 0 Å². The second-order valence-corrected chi connectivity index (χ2v) is 8.93. The first kappa shape index (κ1) is 27.2. The van der Waals surface area contributed by atoms with Crippen LogP contribution >= 0.6 is 27.5 Å². The number of carbonyl (C=O) groups is 3. The first-order valence-electron chi connectivity index (χ1n) is 11.0. The molecule has 0 bridgehead atoms. The van der Waals surface area contributed by atoms with Crippen LogP contribution in [-0.2, 0) is 25.7 Å². The lowest BCUT2D eigenvalue weighted by Crippen LogP contribution is -2.34. The molecule has 0 aromatic heterocycles. The van der Waals surface area contributed by atoms with E-state index in [1.165, 1.54) is 7.11 Å². The normalized spacial score (nSPS) is 11.3. The molecule has 0 aliphatic rings. The molecule has 3 aromatic carbocycles. The molecule has 2 amide bonds. The summed E-state index contributed by atoms with van der Waals surface area (Å²) in [6.45, 7) is -0.285. The van der Waals surface area contributed by atoms with Crippen LogP contribution in [0.25, 0.3) is 0 Å².